The lowest BCUT2D eigenvalue weighted by Crippen LogP contribution is -2.56. The Balaban J connectivity index is 1.80. The van der Waals surface area contributed by atoms with Gasteiger partial charge in [0, 0.05) is 32.2 Å². The number of halogens is 1. The van der Waals surface area contributed by atoms with Gasteiger partial charge in [-0.2, -0.15) is 0 Å². The molecule has 0 N–H and O–H groups in total. The fourth-order valence-electron chi connectivity index (χ4n) is 4.26. The lowest BCUT2D eigenvalue weighted by Gasteiger charge is -2.40. The summed E-state index contributed by atoms with van der Waals surface area (Å²) < 4.78 is 21.0. The van der Waals surface area contributed by atoms with Gasteiger partial charge in [-0.05, 0) is 65.7 Å². The van der Waals surface area contributed by atoms with Crippen LogP contribution in [0.15, 0.2) is 0 Å². The molecule has 1 saturated carbocycles. The van der Waals surface area contributed by atoms with Crippen LogP contribution in [-0.4, -0.2) is 73.6 Å². The van der Waals surface area contributed by atoms with Crippen molar-refractivity contribution >= 4 is 13.8 Å². The minimum absolute atomic E-state index is 0.249. The highest BCUT2D eigenvalue weighted by molar-refractivity contribution is 6.27. The molecule has 1 heterocycles. The first-order chi connectivity index (χ1) is 11.7. The van der Waals surface area contributed by atoms with Crippen LogP contribution in [0.3, 0.4) is 0 Å². The second-order valence-electron chi connectivity index (χ2n) is 8.65. The Kier molecular flexibility index (Phi) is 7.33. The molecule has 0 spiro atoms. The minimum Gasteiger partial charge on any atom is -0.376 e. The molecule has 1 amide bonds. The van der Waals surface area contributed by atoms with E-state index in [1.165, 1.54) is 7.85 Å². The minimum atomic E-state index is -1.74. The molecule has 0 bridgehead atoms. The van der Waals surface area contributed by atoms with Crippen molar-refractivity contribution < 1.29 is 13.9 Å². The maximum atomic E-state index is 15.2. The van der Waals surface area contributed by atoms with E-state index in [0.717, 1.165) is 38.8 Å². The van der Waals surface area contributed by atoms with Crippen LogP contribution in [0.4, 0.5) is 4.39 Å². The van der Waals surface area contributed by atoms with E-state index in [1.807, 2.05) is 0 Å². The van der Waals surface area contributed by atoms with Crippen LogP contribution < -0.4 is 0 Å². The Morgan fingerprint density at radius 1 is 1.12 bits per heavy atom. The zero-order valence-electron chi connectivity index (χ0n) is 16.8. The number of hydrogen-bond acceptors (Lipinski definition) is 3. The summed E-state index contributed by atoms with van der Waals surface area (Å²) in [5, 5.41) is 0. The number of carbonyl (C=O) groups excluding carboxylic acids is 1. The van der Waals surface area contributed by atoms with Crippen LogP contribution in [0, 0.1) is 5.92 Å². The van der Waals surface area contributed by atoms with E-state index in [4.69, 9.17) is 4.74 Å². The maximum absolute atomic E-state index is 15.2. The number of alkyl halides is 1. The molecule has 1 aliphatic carbocycles. The van der Waals surface area contributed by atoms with Gasteiger partial charge in [-0.1, -0.05) is 0 Å². The highest BCUT2D eigenvalue weighted by Crippen LogP contribution is 2.34. The second kappa shape index (κ2) is 8.85. The van der Waals surface area contributed by atoms with Crippen molar-refractivity contribution in [3.8, 4) is 0 Å². The van der Waals surface area contributed by atoms with Gasteiger partial charge in [-0.25, -0.2) is 4.39 Å². The molecule has 1 atom stereocenters. The van der Waals surface area contributed by atoms with Crippen molar-refractivity contribution in [2.75, 3.05) is 26.2 Å². The number of hydrogen-bond donors (Lipinski definition) is 0. The third-order valence-corrected chi connectivity index (χ3v) is 5.71. The van der Waals surface area contributed by atoms with E-state index >= 15 is 4.39 Å². The van der Waals surface area contributed by atoms with Crippen molar-refractivity contribution in [1.29, 1.82) is 0 Å². The Morgan fingerprint density at radius 3 is 2.16 bits per heavy atom. The number of rotatable bonds is 6. The van der Waals surface area contributed by atoms with Gasteiger partial charge in [-0.3, -0.25) is 9.69 Å². The van der Waals surface area contributed by atoms with E-state index in [-0.39, 0.29) is 12.0 Å². The quantitative estimate of drug-likeness (QED) is 0.686. The molecule has 0 aromatic rings. The first kappa shape index (κ1) is 20.7. The average Bonchev–Trinajstić information content (AvgIpc) is 2.55. The number of carbonyl (C=O) groups is 1. The van der Waals surface area contributed by atoms with E-state index in [9.17, 15) is 4.79 Å². The predicted octanol–water partition coefficient (Wildman–Crippen LogP) is 2.21. The molecule has 6 heteroatoms. The molecule has 1 unspecified atom stereocenters. The van der Waals surface area contributed by atoms with Crippen molar-refractivity contribution in [2.24, 2.45) is 5.92 Å². The van der Waals surface area contributed by atoms with Crippen molar-refractivity contribution in [3.63, 3.8) is 0 Å². The molecule has 0 radical (unpaired) electrons. The highest BCUT2D eigenvalue weighted by Gasteiger charge is 2.40. The van der Waals surface area contributed by atoms with Crippen LogP contribution in [-0.2, 0) is 9.53 Å². The van der Waals surface area contributed by atoms with Crippen LogP contribution in [0.2, 0.25) is 0 Å². The first-order valence-electron chi connectivity index (χ1n) is 10.1. The maximum Gasteiger partial charge on any atom is 0.251 e. The van der Waals surface area contributed by atoms with Crippen LogP contribution in [0.25, 0.3) is 0 Å². The third-order valence-electron chi connectivity index (χ3n) is 5.71. The molecule has 4 nitrogen and oxygen atoms in total. The fourth-order valence-corrected chi connectivity index (χ4v) is 4.26. The molecule has 0 aromatic carbocycles. The van der Waals surface area contributed by atoms with Gasteiger partial charge in [-0.15, -0.1) is 0 Å². The van der Waals surface area contributed by atoms with E-state index in [0.29, 0.717) is 37.6 Å². The monoisotopic (exact) mass is 354 g/mol. The summed E-state index contributed by atoms with van der Waals surface area (Å²) in [5.41, 5.74) is -1.74. The summed E-state index contributed by atoms with van der Waals surface area (Å²) in [6.45, 7) is 11.4. The Labute approximate surface area is 153 Å². The summed E-state index contributed by atoms with van der Waals surface area (Å²) in [6.07, 6.45) is 4.81. The normalized spacial score (nSPS) is 28.4. The third kappa shape index (κ3) is 5.95. The van der Waals surface area contributed by atoms with E-state index in [1.54, 1.807) is 4.90 Å². The number of amides is 1. The Bertz CT molecular complexity index is 429. The summed E-state index contributed by atoms with van der Waals surface area (Å²) in [6, 6.07) is 0.484. The lowest BCUT2D eigenvalue weighted by molar-refractivity contribution is -0.142. The van der Waals surface area contributed by atoms with E-state index < -0.39 is 5.57 Å². The lowest BCUT2D eigenvalue weighted by atomic mass is 9.71. The van der Waals surface area contributed by atoms with Gasteiger partial charge in [0.15, 0.2) is 13.4 Å². The van der Waals surface area contributed by atoms with Crippen LogP contribution in [0.1, 0.15) is 59.8 Å². The van der Waals surface area contributed by atoms with Gasteiger partial charge in [0.25, 0.3) is 5.91 Å². The molecule has 2 fully saturated rings. The smallest absolute Gasteiger partial charge is 0.251 e. The van der Waals surface area contributed by atoms with Gasteiger partial charge in [0.1, 0.15) is 0 Å². The van der Waals surface area contributed by atoms with Gasteiger partial charge >= 0.3 is 0 Å². The highest BCUT2D eigenvalue weighted by atomic mass is 19.1. The van der Waals surface area contributed by atoms with Crippen molar-refractivity contribution in [1.82, 2.24) is 9.80 Å². The first-order valence-corrected chi connectivity index (χ1v) is 10.1. The van der Waals surface area contributed by atoms with Crippen LogP contribution >= 0.6 is 0 Å². The molecule has 1 saturated heterocycles. The predicted molar refractivity (Wildman–Crippen MR) is 102 cm³/mol. The molecular formula is C19H36BFN2O2. The zero-order chi connectivity index (χ0) is 18.6. The number of ether oxygens (including phenoxy) is 1. The van der Waals surface area contributed by atoms with Gasteiger partial charge in [0.05, 0.1) is 12.2 Å². The van der Waals surface area contributed by atoms with Crippen molar-refractivity contribution in [2.45, 2.75) is 83.6 Å². The zero-order valence-corrected chi connectivity index (χ0v) is 16.8. The van der Waals surface area contributed by atoms with E-state index in [2.05, 4.69) is 32.6 Å². The van der Waals surface area contributed by atoms with Crippen molar-refractivity contribution in [3.05, 3.63) is 0 Å². The summed E-state index contributed by atoms with van der Waals surface area (Å²) in [4.78, 5) is 16.8. The summed E-state index contributed by atoms with van der Waals surface area (Å²) >= 11 is 0. The van der Waals surface area contributed by atoms with Gasteiger partial charge in [0.2, 0.25) is 0 Å². The largest absolute Gasteiger partial charge is 0.376 e. The average molecular weight is 354 g/mol. The second-order valence-corrected chi connectivity index (χ2v) is 8.65. The molecule has 2 aliphatic rings. The van der Waals surface area contributed by atoms with Crippen LogP contribution in [0.5, 0.6) is 0 Å². The van der Waals surface area contributed by atoms with Gasteiger partial charge < -0.3 is 9.64 Å². The molecule has 25 heavy (non-hydrogen) atoms. The number of piperazine rings is 1. The molecular weight excluding hydrogens is 318 g/mol. The molecule has 2 rings (SSSR count). The summed E-state index contributed by atoms with van der Waals surface area (Å²) in [7, 11) is 1.49. The molecule has 144 valence electrons. The molecule has 0 aromatic heterocycles. The number of nitrogens with zero attached hydrogens (tertiary/aromatic N) is 2. The standard InChI is InChI=1S/C19H36BFN2O2/c1-14(2)22-9-11-23(12-10-22)18(24)19(20,21)13-16-5-7-17(8-6-16)25-15(3)4/h14-17H,5-13,20H2,1-4H3. The Hall–Kier alpha value is -0.615. The Morgan fingerprint density at radius 2 is 1.68 bits per heavy atom. The topological polar surface area (TPSA) is 32.8 Å². The SMILES string of the molecule is BC(F)(CC1CCC(OC(C)C)CC1)C(=O)N1CCN(C(C)C)CC1. The molecule has 1 aliphatic heterocycles. The summed E-state index contributed by atoms with van der Waals surface area (Å²) in [5.74, 6) is -0.0145. The fraction of sp³-hybridized carbons (Fsp3) is 0.947.